The minimum atomic E-state index is 0.402. The number of piperidine rings is 1. The zero-order valence-corrected chi connectivity index (χ0v) is 17.7. The molecule has 28 heavy (non-hydrogen) atoms. The highest BCUT2D eigenvalue weighted by Gasteiger charge is 2.37. The first-order valence-corrected chi connectivity index (χ1v) is 10.9. The molecule has 0 N–H and O–H groups in total. The Morgan fingerprint density at radius 2 is 1.71 bits per heavy atom. The van der Waals surface area contributed by atoms with E-state index in [1.807, 2.05) is 22.7 Å². The zero-order chi connectivity index (χ0) is 19.3. The molecule has 1 aliphatic heterocycles. The van der Waals surface area contributed by atoms with Crippen molar-refractivity contribution in [1.29, 1.82) is 0 Å². The number of fused-ring (bicyclic) bond motifs is 1. The molecular weight excluding hydrogens is 415 g/mol. The van der Waals surface area contributed by atoms with Crippen LogP contribution in [0.25, 0.3) is 16.8 Å². The fourth-order valence-electron chi connectivity index (χ4n) is 4.90. The molecule has 1 aromatic carbocycles. The summed E-state index contributed by atoms with van der Waals surface area (Å²) < 4.78 is 2.02. The van der Waals surface area contributed by atoms with Gasteiger partial charge in [0.2, 0.25) is 5.95 Å². The number of benzene rings is 1. The van der Waals surface area contributed by atoms with Crippen LogP contribution in [0.5, 0.6) is 0 Å². The number of nitrogens with zero attached hydrogens (tertiary/aromatic N) is 4. The van der Waals surface area contributed by atoms with Gasteiger partial charge in [0, 0.05) is 31.0 Å². The van der Waals surface area contributed by atoms with Crippen molar-refractivity contribution < 1.29 is 0 Å². The number of rotatable bonds is 2. The third-order valence-corrected chi connectivity index (χ3v) is 7.57. The standard InChI is InChI=1S/C21H21Cl3N4/c22-15-5-3-4-14(17(15)23)16-18(24)26-20(28-13-10-25-19(16)28)27-11-8-21(9-12-27)6-1-2-7-21/h3-5,10,13H,1-2,6-9,11-12H2. The van der Waals surface area contributed by atoms with Crippen molar-refractivity contribution in [2.24, 2.45) is 5.41 Å². The van der Waals surface area contributed by atoms with E-state index in [4.69, 9.17) is 39.8 Å². The average Bonchev–Trinajstić information content (AvgIpc) is 3.35. The molecule has 2 fully saturated rings. The predicted molar refractivity (Wildman–Crippen MR) is 116 cm³/mol. The van der Waals surface area contributed by atoms with Gasteiger partial charge in [0.25, 0.3) is 0 Å². The molecule has 1 saturated carbocycles. The summed E-state index contributed by atoms with van der Waals surface area (Å²) in [7, 11) is 0. The summed E-state index contributed by atoms with van der Waals surface area (Å²) in [6.45, 7) is 2.02. The minimum absolute atomic E-state index is 0.402. The highest BCUT2D eigenvalue weighted by molar-refractivity contribution is 6.44. The molecule has 0 atom stereocenters. The Morgan fingerprint density at radius 3 is 2.46 bits per heavy atom. The van der Waals surface area contributed by atoms with E-state index in [0.29, 0.717) is 26.2 Å². The summed E-state index contributed by atoms with van der Waals surface area (Å²) in [6, 6.07) is 5.52. The van der Waals surface area contributed by atoms with Crippen molar-refractivity contribution in [3.05, 3.63) is 45.8 Å². The van der Waals surface area contributed by atoms with Gasteiger partial charge in [-0.2, -0.15) is 0 Å². The lowest BCUT2D eigenvalue weighted by Crippen LogP contribution is -2.40. The van der Waals surface area contributed by atoms with Crippen molar-refractivity contribution in [3.8, 4) is 11.1 Å². The Morgan fingerprint density at radius 1 is 0.964 bits per heavy atom. The third-order valence-electron chi connectivity index (χ3n) is 6.48. The van der Waals surface area contributed by atoms with E-state index >= 15 is 0 Å². The van der Waals surface area contributed by atoms with Crippen molar-refractivity contribution in [1.82, 2.24) is 14.4 Å². The summed E-state index contributed by atoms with van der Waals surface area (Å²) in [5, 5.41) is 1.35. The Hall–Kier alpha value is -1.49. The maximum Gasteiger partial charge on any atom is 0.212 e. The van der Waals surface area contributed by atoms with E-state index in [2.05, 4.69) is 9.88 Å². The molecule has 3 heterocycles. The molecule has 2 aromatic heterocycles. The quantitative estimate of drug-likeness (QED) is 0.430. The van der Waals surface area contributed by atoms with Crippen LogP contribution >= 0.6 is 34.8 Å². The molecule has 4 nitrogen and oxygen atoms in total. The number of hydrogen-bond donors (Lipinski definition) is 0. The molecule has 1 saturated heterocycles. The maximum absolute atomic E-state index is 6.67. The highest BCUT2D eigenvalue weighted by atomic mass is 35.5. The van der Waals surface area contributed by atoms with E-state index in [9.17, 15) is 0 Å². The number of hydrogen-bond acceptors (Lipinski definition) is 3. The Kier molecular flexibility index (Phi) is 4.69. The fourth-order valence-corrected chi connectivity index (χ4v) is 5.55. The van der Waals surface area contributed by atoms with Crippen molar-refractivity contribution in [3.63, 3.8) is 0 Å². The molecule has 7 heteroatoms. The second-order valence-electron chi connectivity index (χ2n) is 7.99. The first-order valence-electron chi connectivity index (χ1n) is 9.80. The lowest BCUT2D eigenvalue weighted by Gasteiger charge is -2.40. The maximum atomic E-state index is 6.67. The van der Waals surface area contributed by atoms with Gasteiger partial charge in [-0.1, -0.05) is 59.8 Å². The fraction of sp³-hybridized carbons (Fsp3) is 0.429. The van der Waals surface area contributed by atoms with E-state index in [1.165, 1.54) is 38.5 Å². The van der Waals surface area contributed by atoms with E-state index in [0.717, 1.165) is 30.2 Å². The molecule has 3 aromatic rings. The molecule has 146 valence electrons. The van der Waals surface area contributed by atoms with Crippen molar-refractivity contribution >= 4 is 46.4 Å². The summed E-state index contributed by atoms with van der Waals surface area (Å²) in [5.41, 5.74) is 2.77. The Labute approximate surface area is 179 Å². The van der Waals surface area contributed by atoms with Crippen LogP contribution in [-0.4, -0.2) is 27.5 Å². The largest absolute Gasteiger partial charge is 0.342 e. The summed E-state index contributed by atoms with van der Waals surface area (Å²) in [4.78, 5) is 11.7. The molecule has 0 amide bonds. The predicted octanol–water partition coefficient (Wildman–Crippen LogP) is 6.52. The average molecular weight is 436 g/mol. The van der Waals surface area contributed by atoms with Crippen molar-refractivity contribution in [2.45, 2.75) is 38.5 Å². The van der Waals surface area contributed by atoms with Crippen molar-refractivity contribution in [2.75, 3.05) is 18.0 Å². The highest BCUT2D eigenvalue weighted by Crippen LogP contribution is 2.47. The van der Waals surface area contributed by atoms with E-state index in [-0.39, 0.29) is 0 Å². The summed E-state index contributed by atoms with van der Waals surface area (Å²) >= 11 is 19.4. The first kappa shape index (κ1) is 18.5. The van der Waals surface area contributed by atoms with Gasteiger partial charge in [-0.05, 0) is 37.2 Å². The summed E-state index contributed by atoms with van der Waals surface area (Å²) in [6.07, 6.45) is 11.7. The van der Waals surface area contributed by atoms with Crippen LogP contribution in [0.4, 0.5) is 5.95 Å². The van der Waals surface area contributed by atoms with Crippen LogP contribution in [-0.2, 0) is 0 Å². The van der Waals surface area contributed by atoms with Gasteiger partial charge in [0.15, 0.2) is 5.65 Å². The van der Waals surface area contributed by atoms with Crippen LogP contribution in [0, 0.1) is 5.41 Å². The van der Waals surface area contributed by atoms with Gasteiger partial charge < -0.3 is 4.90 Å². The molecule has 0 radical (unpaired) electrons. The summed E-state index contributed by atoms with van der Waals surface area (Å²) in [5.74, 6) is 0.854. The molecule has 1 aliphatic carbocycles. The van der Waals surface area contributed by atoms with Crippen LogP contribution in [0.3, 0.4) is 0 Å². The van der Waals surface area contributed by atoms with Crippen LogP contribution in [0.1, 0.15) is 38.5 Å². The van der Waals surface area contributed by atoms with Gasteiger partial charge in [-0.25, -0.2) is 9.97 Å². The Bertz CT molecular complexity index is 1030. The molecule has 0 unspecified atom stereocenters. The second kappa shape index (κ2) is 7.08. The van der Waals surface area contributed by atoms with Crippen LogP contribution in [0.2, 0.25) is 15.2 Å². The topological polar surface area (TPSA) is 33.4 Å². The molecule has 5 rings (SSSR count). The molecule has 1 spiro atoms. The lowest BCUT2D eigenvalue weighted by molar-refractivity contribution is 0.225. The number of halogens is 3. The smallest absolute Gasteiger partial charge is 0.212 e. The van der Waals surface area contributed by atoms with Gasteiger partial charge in [-0.3, -0.25) is 4.40 Å². The van der Waals surface area contributed by atoms with Crippen LogP contribution < -0.4 is 4.90 Å². The first-order chi connectivity index (χ1) is 13.6. The monoisotopic (exact) mass is 434 g/mol. The third kappa shape index (κ3) is 2.97. The number of anilines is 1. The number of imidazole rings is 1. The number of aromatic nitrogens is 3. The SMILES string of the molecule is Clc1cccc(-c2c(Cl)nc(N3CCC4(CCCC4)CC3)n3ccnc23)c1Cl. The van der Waals surface area contributed by atoms with Gasteiger partial charge in [-0.15, -0.1) is 0 Å². The minimum Gasteiger partial charge on any atom is -0.342 e. The van der Waals surface area contributed by atoms with E-state index < -0.39 is 0 Å². The van der Waals surface area contributed by atoms with Gasteiger partial charge >= 0.3 is 0 Å². The second-order valence-corrected chi connectivity index (χ2v) is 9.14. The van der Waals surface area contributed by atoms with Crippen LogP contribution in [0.15, 0.2) is 30.6 Å². The molecule has 2 aliphatic rings. The molecule has 0 bridgehead atoms. The normalized spacial score (nSPS) is 19.0. The zero-order valence-electron chi connectivity index (χ0n) is 15.5. The van der Waals surface area contributed by atoms with Gasteiger partial charge in [0.05, 0.1) is 15.6 Å². The van der Waals surface area contributed by atoms with Gasteiger partial charge in [0.1, 0.15) is 5.15 Å². The Balaban J connectivity index is 1.56. The molecular formula is C21H21Cl3N4. The van der Waals surface area contributed by atoms with E-state index in [1.54, 1.807) is 12.3 Å². The lowest BCUT2D eigenvalue weighted by atomic mass is 9.77.